The molecule has 0 aromatic rings. The third kappa shape index (κ3) is 2.35. The van der Waals surface area contributed by atoms with Crippen molar-refractivity contribution in [2.24, 2.45) is 0 Å². The van der Waals surface area contributed by atoms with E-state index in [1.165, 1.54) is 0 Å². The lowest BCUT2D eigenvalue weighted by molar-refractivity contribution is -0.148. The van der Waals surface area contributed by atoms with Crippen molar-refractivity contribution in [2.75, 3.05) is 13.2 Å². The molecule has 0 bridgehead atoms. The molecule has 2 unspecified atom stereocenters. The predicted octanol–water partition coefficient (Wildman–Crippen LogP) is 1.59. The van der Waals surface area contributed by atoms with Gasteiger partial charge < -0.3 is 4.74 Å². The lowest BCUT2D eigenvalue weighted by Crippen LogP contribution is -2.41. The standard InChI is InChI=1S/C11H19NO2/c1-4-9(3)12-8-6-7-10(12)11(13)14-5-2/h4,9-10H,1,5-8H2,2-3H3. The second-order valence-corrected chi connectivity index (χ2v) is 3.62. The molecular formula is C11H19NO2. The zero-order valence-electron chi connectivity index (χ0n) is 9.03. The average Bonchev–Trinajstić information content (AvgIpc) is 2.65. The van der Waals surface area contributed by atoms with Crippen LogP contribution in [0.25, 0.3) is 0 Å². The predicted molar refractivity (Wildman–Crippen MR) is 56.0 cm³/mol. The van der Waals surface area contributed by atoms with Crippen molar-refractivity contribution in [1.29, 1.82) is 0 Å². The number of nitrogens with zero attached hydrogens (tertiary/aromatic N) is 1. The van der Waals surface area contributed by atoms with E-state index in [1.54, 1.807) is 0 Å². The first-order valence-electron chi connectivity index (χ1n) is 5.25. The number of esters is 1. The molecule has 3 heteroatoms. The SMILES string of the molecule is C=CC(C)N1CCCC1C(=O)OCC. The molecule has 1 aliphatic heterocycles. The van der Waals surface area contributed by atoms with Crippen molar-refractivity contribution >= 4 is 5.97 Å². The normalized spacial score (nSPS) is 24.6. The lowest BCUT2D eigenvalue weighted by Gasteiger charge is -2.26. The van der Waals surface area contributed by atoms with Gasteiger partial charge in [0.1, 0.15) is 6.04 Å². The fraction of sp³-hybridized carbons (Fsp3) is 0.727. The minimum atomic E-state index is -0.0845. The van der Waals surface area contributed by atoms with Gasteiger partial charge >= 0.3 is 5.97 Å². The van der Waals surface area contributed by atoms with E-state index in [1.807, 2.05) is 13.0 Å². The van der Waals surface area contributed by atoms with Gasteiger partial charge in [0, 0.05) is 6.04 Å². The summed E-state index contributed by atoms with van der Waals surface area (Å²) in [4.78, 5) is 13.7. The summed E-state index contributed by atoms with van der Waals surface area (Å²) < 4.78 is 5.04. The Morgan fingerprint density at radius 1 is 1.79 bits per heavy atom. The fourth-order valence-electron chi connectivity index (χ4n) is 1.90. The number of carbonyl (C=O) groups is 1. The highest BCUT2D eigenvalue weighted by Crippen LogP contribution is 2.21. The first kappa shape index (κ1) is 11.2. The van der Waals surface area contributed by atoms with Crippen LogP contribution >= 0.6 is 0 Å². The Balaban J connectivity index is 2.58. The Kier molecular flexibility index (Phi) is 4.14. The van der Waals surface area contributed by atoms with Crippen molar-refractivity contribution in [2.45, 2.75) is 38.8 Å². The minimum Gasteiger partial charge on any atom is -0.465 e. The number of hydrogen-bond acceptors (Lipinski definition) is 3. The Morgan fingerprint density at radius 2 is 2.50 bits per heavy atom. The van der Waals surface area contributed by atoms with Crippen LogP contribution in [0.15, 0.2) is 12.7 Å². The van der Waals surface area contributed by atoms with E-state index in [-0.39, 0.29) is 18.1 Å². The average molecular weight is 197 g/mol. The highest BCUT2D eigenvalue weighted by Gasteiger charge is 2.33. The molecule has 0 saturated carbocycles. The molecule has 3 nitrogen and oxygen atoms in total. The van der Waals surface area contributed by atoms with Gasteiger partial charge in [0.25, 0.3) is 0 Å². The molecule has 1 saturated heterocycles. The second kappa shape index (κ2) is 5.15. The van der Waals surface area contributed by atoms with E-state index < -0.39 is 0 Å². The molecule has 0 amide bonds. The topological polar surface area (TPSA) is 29.5 Å². The van der Waals surface area contributed by atoms with Gasteiger partial charge in [0.2, 0.25) is 0 Å². The molecule has 0 spiro atoms. The van der Waals surface area contributed by atoms with Gasteiger partial charge in [-0.3, -0.25) is 9.69 Å². The van der Waals surface area contributed by atoms with Crippen molar-refractivity contribution in [1.82, 2.24) is 4.90 Å². The van der Waals surface area contributed by atoms with E-state index in [2.05, 4.69) is 18.4 Å². The lowest BCUT2D eigenvalue weighted by atomic mass is 10.2. The Morgan fingerprint density at radius 3 is 3.07 bits per heavy atom. The molecule has 0 aliphatic carbocycles. The van der Waals surface area contributed by atoms with Crippen LogP contribution in [0.4, 0.5) is 0 Å². The van der Waals surface area contributed by atoms with E-state index in [0.29, 0.717) is 6.61 Å². The first-order valence-corrected chi connectivity index (χ1v) is 5.25. The summed E-state index contributed by atoms with van der Waals surface area (Å²) in [5, 5.41) is 0. The Bertz CT molecular complexity index is 215. The number of hydrogen-bond donors (Lipinski definition) is 0. The molecular weight excluding hydrogens is 178 g/mol. The summed E-state index contributed by atoms with van der Waals surface area (Å²) >= 11 is 0. The van der Waals surface area contributed by atoms with Gasteiger partial charge in [-0.2, -0.15) is 0 Å². The Hall–Kier alpha value is -0.830. The summed E-state index contributed by atoms with van der Waals surface area (Å²) in [5.41, 5.74) is 0. The monoisotopic (exact) mass is 197 g/mol. The van der Waals surface area contributed by atoms with Crippen molar-refractivity contribution in [3.8, 4) is 0 Å². The van der Waals surface area contributed by atoms with Crippen LogP contribution in [0.2, 0.25) is 0 Å². The van der Waals surface area contributed by atoms with Crippen LogP contribution in [0.3, 0.4) is 0 Å². The molecule has 0 N–H and O–H groups in total. The molecule has 1 aliphatic rings. The van der Waals surface area contributed by atoms with Crippen molar-refractivity contribution < 1.29 is 9.53 Å². The zero-order chi connectivity index (χ0) is 10.6. The van der Waals surface area contributed by atoms with Crippen LogP contribution in [0.1, 0.15) is 26.7 Å². The molecule has 1 heterocycles. The van der Waals surface area contributed by atoms with Crippen LogP contribution < -0.4 is 0 Å². The third-order valence-electron chi connectivity index (χ3n) is 2.72. The molecule has 0 aromatic heterocycles. The second-order valence-electron chi connectivity index (χ2n) is 3.62. The molecule has 80 valence electrons. The molecule has 1 fully saturated rings. The van der Waals surface area contributed by atoms with E-state index in [4.69, 9.17) is 4.74 Å². The van der Waals surface area contributed by atoms with E-state index in [9.17, 15) is 4.79 Å². The van der Waals surface area contributed by atoms with Crippen LogP contribution in [0.5, 0.6) is 0 Å². The van der Waals surface area contributed by atoms with Gasteiger partial charge in [-0.1, -0.05) is 6.08 Å². The summed E-state index contributed by atoms with van der Waals surface area (Å²) in [6.07, 6.45) is 3.86. The quantitative estimate of drug-likeness (QED) is 0.506. The Labute approximate surface area is 85.7 Å². The van der Waals surface area contributed by atoms with Crippen LogP contribution in [-0.4, -0.2) is 36.1 Å². The number of carbonyl (C=O) groups excluding carboxylic acids is 1. The summed E-state index contributed by atoms with van der Waals surface area (Å²) in [5.74, 6) is -0.0845. The van der Waals surface area contributed by atoms with Crippen molar-refractivity contribution in [3.05, 3.63) is 12.7 Å². The molecule has 14 heavy (non-hydrogen) atoms. The van der Waals surface area contributed by atoms with Gasteiger partial charge in [-0.15, -0.1) is 6.58 Å². The number of likely N-dealkylation sites (tertiary alicyclic amines) is 1. The maximum atomic E-state index is 11.6. The van der Waals surface area contributed by atoms with Crippen LogP contribution in [0, 0.1) is 0 Å². The van der Waals surface area contributed by atoms with Crippen molar-refractivity contribution in [3.63, 3.8) is 0 Å². The molecule has 0 radical (unpaired) electrons. The maximum Gasteiger partial charge on any atom is 0.323 e. The summed E-state index contributed by atoms with van der Waals surface area (Å²) in [6.45, 7) is 9.09. The highest BCUT2D eigenvalue weighted by molar-refractivity contribution is 5.76. The zero-order valence-corrected chi connectivity index (χ0v) is 9.03. The number of rotatable bonds is 4. The first-order chi connectivity index (χ1) is 6.70. The smallest absolute Gasteiger partial charge is 0.323 e. The van der Waals surface area contributed by atoms with Crippen LogP contribution in [-0.2, 0) is 9.53 Å². The summed E-state index contributed by atoms with van der Waals surface area (Å²) in [7, 11) is 0. The summed E-state index contributed by atoms with van der Waals surface area (Å²) in [6, 6.07) is 0.204. The van der Waals surface area contributed by atoms with Gasteiger partial charge in [0.15, 0.2) is 0 Å². The number of ether oxygens (including phenoxy) is 1. The maximum absolute atomic E-state index is 11.6. The highest BCUT2D eigenvalue weighted by atomic mass is 16.5. The minimum absolute atomic E-state index is 0.0528. The molecule has 1 rings (SSSR count). The molecule has 2 atom stereocenters. The van der Waals surface area contributed by atoms with Gasteiger partial charge in [-0.25, -0.2) is 0 Å². The fourth-order valence-corrected chi connectivity index (χ4v) is 1.90. The van der Waals surface area contributed by atoms with E-state index in [0.717, 1.165) is 19.4 Å². The van der Waals surface area contributed by atoms with Gasteiger partial charge in [-0.05, 0) is 33.2 Å². The third-order valence-corrected chi connectivity index (χ3v) is 2.72. The van der Waals surface area contributed by atoms with Gasteiger partial charge in [0.05, 0.1) is 6.61 Å². The van der Waals surface area contributed by atoms with E-state index >= 15 is 0 Å². The molecule has 0 aromatic carbocycles. The largest absolute Gasteiger partial charge is 0.465 e.